The van der Waals surface area contributed by atoms with Gasteiger partial charge in [-0.05, 0) is 36.0 Å². The number of phenolic OH excluding ortho intramolecular Hbond substituents is 1. The number of nitrogens with two attached hydrogens (primary N) is 1. The predicted molar refractivity (Wildman–Crippen MR) is 140 cm³/mol. The molecule has 0 radical (unpaired) electrons. The number of carbonyl (C=O) groups excluding carboxylic acids is 3. The number of carboxylic acid groups (broad SMARTS) is 1. The SMILES string of the molecule is CC(C)CC(NC(=O)C(NC(=O)C(N)Cc1cnc[nH]1)C(C)C)C(=O)NC(Cc1ccc(O)cc1)C(=O)O. The van der Waals surface area contributed by atoms with Gasteiger partial charge in [0, 0.05) is 24.7 Å². The summed E-state index contributed by atoms with van der Waals surface area (Å²) in [6, 6.07) is 1.83. The number of imidazole rings is 1. The van der Waals surface area contributed by atoms with Crippen LogP contribution in [0.3, 0.4) is 0 Å². The van der Waals surface area contributed by atoms with Gasteiger partial charge in [-0.3, -0.25) is 14.4 Å². The maximum Gasteiger partial charge on any atom is 0.326 e. The number of amides is 3. The van der Waals surface area contributed by atoms with Crippen LogP contribution in [-0.4, -0.2) is 68.0 Å². The summed E-state index contributed by atoms with van der Waals surface area (Å²) in [6.07, 6.45) is 3.48. The highest BCUT2D eigenvalue weighted by Crippen LogP contribution is 2.13. The molecule has 0 bridgehead atoms. The number of nitrogens with one attached hydrogen (secondary N) is 4. The smallest absolute Gasteiger partial charge is 0.326 e. The first-order valence-corrected chi connectivity index (χ1v) is 12.5. The van der Waals surface area contributed by atoms with Crippen LogP contribution in [0.4, 0.5) is 0 Å². The summed E-state index contributed by atoms with van der Waals surface area (Å²) in [7, 11) is 0. The van der Waals surface area contributed by atoms with Crippen molar-refractivity contribution in [3.05, 3.63) is 48.0 Å². The number of aromatic amines is 1. The highest BCUT2D eigenvalue weighted by molar-refractivity contribution is 5.94. The number of aliphatic carboxylic acids is 1. The molecule has 12 nitrogen and oxygen atoms in total. The van der Waals surface area contributed by atoms with Crippen LogP contribution in [0.1, 0.15) is 45.4 Å². The van der Waals surface area contributed by atoms with Crippen LogP contribution in [0.15, 0.2) is 36.8 Å². The van der Waals surface area contributed by atoms with Gasteiger partial charge >= 0.3 is 5.97 Å². The van der Waals surface area contributed by atoms with E-state index in [4.69, 9.17) is 5.73 Å². The largest absolute Gasteiger partial charge is 0.508 e. The van der Waals surface area contributed by atoms with Crippen molar-refractivity contribution in [1.82, 2.24) is 25.9 Å². The fraction of sp³-hybridized carbons (Fsp3) is 0.500. The minimum Gasteiger partial charge on any atom is -0.508 e. The second-order valence-corrected chi connectivity index (χ2v) is 10.1. The molecule has 1 aromatic carbocycles. The lowest BCUT2D eigenvalue weighted by molar-refractivity contribution is -0.142. The number of hydrogen-bond donors (Lipinski definition) is 7. The van der Waals surface area contributed by atoms with Crippen molar-refractivity contribution < 1.29 is 29.4 Å². The highest BCUT2D eigenvalue weighted by atomic mass is 16.4. The zero-order chi connectivity index (χ0) is 28.4. The summed E-state index contributed by atoms with van der Waals surface area (Å²) in [6.45, 7) is 7.24. The molecular weight excluding hydrogens is 492 g/mol. The van der Waals surface area contributed by atoms with Gasteiger partial charge < -0.3 is 36.9 Å². The van der Waals surface area contributed by atoms with E-state index in [1.807, 2.05) is 13.8 Å². The maximum atomic E-state index is 13.2. The van der Waals surface area contributed by atoms with Gasteiger partial charge in [-0.25, -0.2) is 9.78 Å². The Morgan fingerprint density at radius 1 is 0.921 bits per heavy atom. The second kappa shape index (κ2) is 14.1. The first-order valence-electron chi connectivity index (χ1n) is 12.5. The minimum absolute atomic E-state index is 0.00125. The summed E-state index contributed by atoms with van der Waals surface area (Å²) >= 11 is 0. The number of aromatic hydroxyl groups is 1. The van der Waals surface area contributed by atoms with E-state index in [0.29, 0.717) is 11.3 Å². The third-order valence-electron chi connectivity index (χ3n) is 5.91. The van der Waals surface area contributed by atoms with Gasteiger partial charge in [0.05, 0.1) is 12.4 Å². The number of hydrogen-bond acceptors (Lipinski definition) is 7. The van der Waals surface area contributed by atoms with Gasteiger partial charge in [0.25, 0.3) is 0 Å². The molecule has 0 aliphatic heterocycles. The van der Waals surface area contributed by atoms with Crippen molar-refractivity contribution >= 4 is 23.7 Å². The monoisotopic (exact) mass is 530 g/mol. The fourth-order valence-electron chi connectivity index (χ4n) is 3.83. The average Bonchev–Trinajstić information content (AvgIpc) is 3.35. The minimum atomic E-state index is -1.25. The van der Waals surface area contributed by atoms with Crippen LogP contribution < -0.4 is 21.7 Å². The second-order valence-electron chi connectivity index (χ2n) is 10.1. The van der Waals surface area contributed by atoms with Crippen molar-refractivity contribution in [3.63, 3.8) is 0 Å². The molecule has 1 aromatic heterocycles. The molecule has 1 heterocycles. The Bertz CT molecular complexity index is 1070. The zero-order valence-corrected chi connectivity index (χ0v) is 22.1. The molecule has 208 valence electrons. The number of H-pyrrole nitrogens is 1. The van der Waals surface area contributed by atoms with E-state index < -0.39 is 47.9 Å². The number of nitrogens with zero attached hydrogens (tertiary/aromatic N) is 1. The zero-order valence-electron chi connectivity index (χ0n) is 22.1. The Morgan fingerprint density at radius 3 is 2.08 bits per heavy atom. The molecule has 0 fully saturated rings. The molecule has 2 aromatic rings. The lowest BCUT2D eigenvalue weighted by Gasteiger charge is -2.27. The van der Waals surface area contributed by atoms with E-state index in [0.717, 1.165) is 0 Å². The lowest BCUT2D eigenvalue weighted by Crippen LogP contribution is -2.58. The Kier molecular flexibility index (Phi) is 11.3. The van der Waals surface area contributed by atoms with E-state index in [2.05, 4.69) is 25.9 Å². The number of benzene rings is 1. The van der Waals surface area contributed by atoms with E-state index in [-0.39, 0.29) is 36.8 Å². The molecule has 12 heteroatoms. The molecule has 4 atom stereocenters. The average molecular weight is 531 g/mol. The highest BCUT2D eigenvalue weighted by Gasteiger charge is 2.32. The van der Waals surface area contributed by atoms with Gasteiger partial charge in [-0.15, -0.1) is 0 Å². The molecule has 38 heavy (non-hydrogen) atoms. The number of carbonyl (C=O) groups is 4. The quantitative estimate of drug-likeness (QED) is 0.183. The molecule has 0 saturated heterocycles. The van der Waals surface area contributed by atoms with Crippen LogP contribution in [-0.2, 0) is 32.0 Å². The Hall–Kier alpha value is -3.93. The summed E-state index contributed by atoms with van der Waals surface area (Å²) in [5.41, 5.74) is 7.28. The van der Waals surface area contributed by atoms with E-state index in [9.17, 15) is 29.4 Å². The van der Waals surface area contributed by atoms with Gasteiger partial charge in [-0.1, -0.05) is 39.8 Å². The van der Waals surface area contributed by atoms with E-state index in [1.54, 1.807) is 32.2 Å². The van der Waals surface area contributed by atoms with Crippen LogP contribution in [0.5, 0.6) is 5.75 Å². The van der Waals surface area contributed by atoms with Crippen molar-refractivity contribution in [1.29, 1.82) is 0 Å². The molecule has 0 aliphatic rings. The summed E-state index contributed by atoms with van der Waals surface area (Å²) in [5, 5.41) is 27.0. The summed E-state index contributed by atoms with van der Waals surface area (Å²) < 4.78 is 0. The van der Waals surface area contributed by atoms with Crippen LogP contribution in [0.2, 0.25) is 0 Å². The van der Waals surface area contributed by atoms with Crippen LogP contribution in [0, 0.1) is 11.8 Å². The first kappa shape index (κ1) is 30.3. The number of rotatable bonds is 14. The Labute approximate surface area is 221 Å². The van der Waals surface area contributed by atoms with Gasteiger partial charge in [0.15, 0.2) is 0 Å². The molecule has 8 N–H and O–H groups in total. The summed E-state index contributed by atoms with van der Waals surface area (Å²) in [5.74, 6) is -3.27. The maximum absolute atomic E-state index is 13.2. The van der Waals surface area contributed by atoms with Crippen molar-refractivity contribution in [3.8, 4) is 5.75 Å². The topological polar surface area (TPSA) is 200 Å². The molecule has 0 aliphatic carbocycles. The number of aromatic nitrogens is 2. The molecule has 0 spiro atoms. The van der Waals surface area contributed by atoms with Crippen molar-refractivity contribution in [2.24, 2.45) is 17.6 Å². The van der Waals surface area contributed by atoms with Gasteiger partial charge in [-0.2, -0.15) is 0 Å². The third-order valence-corrected chi connectivity index (χ3v) is 5.91. The third kappa shape index (κ3) is 9.51. The standard InChI is InChI=1S/C26H38N6O6/c1-14(2)9-20(24(35)31-21(26(37)38)10-16-5-7-18(33)8-6-16)30-25(36)22(15(3)4)32-23(34)19(27)11-17-12-28-13-29-17/h5-8,12-15,19-22,33H,9-11,27H2,1-4H3,(H,28,29)(H,30,36)(H,31,35)(H,32,34)(H,37,38). The Morgan fingerprint density at radius 2 is 1.55 bits per heavy atom. The first-order chi connectivity index (χ1) is 17.9. The molecule has 0 saturated carbocycles. The molecule has 2 rings (SSSR count). The lowest BCUT2D eigenvalue weighted by atomic mass is 9.98. The van der Waals surface area contributed by atoms with Crippen molar-refractivity contribution in [2.75, 3.05) is 0 Å². The number of phenols is 1. The van der Waals surface area contributed by atoms with Crippen LogP contribution in [0.25, 0.3) is 0 Å². The Balaban J connectivity index is 2.10. The number of carboxylic acids is 1. The molecular formula is C26H38N6O6. The normalized spacial score (nSPS) is 14.4. The van der Waals surface area contributed by atoms with Crippen molar-refractivity contribution in [2.45, 2.75) is 71.1 Å². The van der Waals surface area contributed by atoms with Gasteiger partial charge in [0.1, 0.15) is 23.9 Å². The van der Waals surface area contributed by atoms with E-state index in [1.165, 1.54) is 18.5 Å². The van der Waals surface area contributed by atoms with Crippen LogP contribution >= 0.6 is 0 Å². The molecule has 3 amide bonds. The molecule has 4 unspecified atom stereocenters. The van der Waals surface area contributed by atoms with Gasteiger partial charge in [0.2, 0.25) is 17.7 Å². The predicted octanol–water partition coefficient (Wildman–Crippen LogP) is 0.469. The fourth-order valence-corrected chi connectivity index (χ4v) is 3.83. The summed E-state index contributed by atoms with van der Waals surface area (Å²) in [4.78, 5) is 57.6. The van der Waals surface area contributed by atoms with E-state index >= 15 is 0 Å².